The lowest BCUT2D eigenvalue weighted by molar-refractivity contribution is -0.0459. The second-order valence-electron chi connectivity index (χ2n) is 3.63. The molecule has 0 aliphatic carbocycles. The molecule has 2 heterocycles. The summed E-state index contributed by atoms with van der Waals surface area (Å²) in [6.07, 6.45) is -0.649. The monoisotopic (exact) mass is 228 g/mol. The van der Waals surface area contributed by atoms with Gasteiger partial charge in [-0.3, -0.25) is 14.3 Å². The average molecular weight is 228 g/mol. The van der Waals surface area contributed by atoms with E-state index in [1.165, 1.54) is 16.8 Å². The van der Waals surface area contributed by atoms with Crippen molar-refractivity contribution in [2.45, 2.75) is 24.9 Å². The fourth-order valence-corrected chi connectivity index (χ4v) is 1.70. The molecule has 0 saturated carbocycles. The Balaban J connectivity index is 2.27. The molecule has 0 spiro atoms. The maximum atomic E-state index is 11.4. The Labute approximate surface area is 89.9 Å². The quantitative estimate of drug-likeness (QED) is 0.552. The molecule has 0 unspecified atom stereocenters. The molecule has 0 amide bonds. The minimum absolute atomic E-state index is 0.206. The van der Waals surface area contributed by atoms with Crippen molar-refractivity contribution < 1.29 is 14.9 Å². The van der Waals surface area contributed by atoms with Gasteiger partial charge in [-0.2, -0.15) is 0 Å². The fraction of sp³-hybridized carbons (Fsp3) is 0.556. The summed E-state index contributed by atoms with van der Waals surface area (Å²) in [5.74, 6) is 0. The largest absolute Gasteiger partial charge is 0.394 e. The van der Waals surface area contributed by atoms with Crippen LogP contribution in [-0.2, 0) is 4.74 Å². The van der Waals surface area contributed by atoms with Gasteiger partial charge in [0.25, 0.3) is 5.56 Å². The number of aromatic amines is 1. The van der Waals surface area contributed by atoms with Crippen LogP contribution in [0.4, 0.5) is 0 Å². The standard InChI is InChI=1S/C9H12N2O5/c12-4-6-5(13)3-8(16-6)11-2-1-7(14)10-9(11)15/h1-2,5-6,8,12-13H,3-4H2,(H,10,14,15)/t5-,6-,8+/m1/s1. The molecule has 0 aromatic carbocycles. The Hall–Kier alpha value is -1.44. The molecule has 1 aliphatic heterocycles. The fourth-order valence-electron chi connectivity index (χ4n) is 1.70. The number of nitrogens with zero attached hydrogens (tertiary/aromatic N) is 1. The second-order valence-corrected chi connectivity index (χ2v) is 3.63. The molecule has 0 radical (unpaired) electrons. The van der Waals surface area contributed by atoms with Gasteiger partial charge in [0.05, 0.1) is 12.7 Å². The van der Waals surface area contributed by atoms with Crippen LogP contribution in [0.15, 0.2) is 21.9 Å². The van der Waals surface area contributed by atoms with Crippen LogP contribution in [0, 0.1) is 0 Å². The van der Waals surface area contributed by atoms with Crippen molar-refractivity contribution in [1.82, 2.24) is 9.55 Å². The number of aliphatic hydroxyl groups is 2. The summed E-state index contributed by atoms with van der Waals surface area (Å²) in [5.41, 5.74) is -1.08. The van der Waals surface area contributed by atoms with E-state index in [1.807, 2.05) is 0 Å². The molecule has 3 N–H and O–H groups in total. The minimum atomic E-state index is -0.811. The first kappa shape index (κ1) is 11.1. The van der Waals surface area contributed by atoms with Gasteiger partial charge < -0.3 is 14.9 Å². The number of rotatable bonds is 2. The summed E-state index contributed by atoms with van der Waals surface area (Å²) < 4.78 is 6.45. The zero-order valence-corrected chi connectivity index (χ0v) is 8.37. The van der Waals surface area contributed by atoms with Gasteiger partial charge in [0.15, 0.2) is 0 Å². The highest BCUT2D eigenvalue weighted by Crippen LogP contribution is 2.26. The highest BCUT2D eigenvalue weighted by molar-refractivity contribution is 4.88. The first-order valence-corrected chi connectivity index (χ1v) is 4.87. The van der Waals surface area contributed by atoms with Gasteiger partial charge in [-0.15, -0.1) is 0 Å². The average Bonchev–Trinajstić information content (AvgIpc) is 2.59. The molecule has 1 aromatic rings. The number of ether oxygens (including phenoxy) is 1. The molecule has 0 bridgehead atoms. The van der Waals surface area contributed by atoms with E-state index in [9.17, 15) is 14.7 Å². The number of hydrogen-bond donors (Lipinski definition) is 3. The van der Waals surface area contributed by atoms with Crippen LogP contribution >= 0.6 is 0 Å². The zero-order chi connectivity index (χ0) is 11.7. The van der Waals surface area contributed by atoms with Gasteiger partial charge in [-0.25, -0.2) is 4.79 Å². The third-order valence-corrected chi connectivity index (χ3v) is 2.55. The van der Waals surface area contributed by atoms with E-state index in [4.69, 9.17) is 9.84 Å². The topological polar surface area (TPSA) is 105 Å². The van der Waals surface area contributed by atoms with Crippen LogP contribution in [0.1, 0.15) is 12.6 Å². The molecule has 1 aromatic heterocycles. The molecule has 7 nitrogen and oxygen atoms in total. The maximum absolute atomic E-state index is 11.4. The predicted molar refractivity (Wildman–Crippen MR) is 52.9 cm³/mol. The summed E-state index contributed by atoms with van der Waals surface area (Å²) in [6.45, 7) is -0.310. The molecule has 1 fully saturated rings. The van der Waals surface area contributed by atoms with E-state index >= 15 is 0 Å². The van der Waals surface area contributed by atoms with Gasteiger partial charge in [-0.05, 0) is 0 Å². The lowest BCUT2D eigenvalue weighted by Gasteiger charge is -2.13. The van der Waals surface area contributed by atoms with Crippen molar-refractivity contribution in [3.8, 4) is 0 Å². The molecule has 2 rings (SSSR count). The molecule has 7 heteroatoms. The van der Waals surface area contributed by atoms with Crippen LogP contribution in [0.2, 0.25) is 0 Å². The van der Waals surface area contributed by atoms with E-state index in [-0.39, 0.29) is 13.0 Å². The van der Waals surface area contributed by atoms with Crippen molar-refractivity contribution in [3.05, 3.63) is 33.1 Å². The molecule has 1 aliphatic rings. The molecule has 16 heavy (non-hydrogen) atoms. The normalized spacial score (nSPS) is 29.5. The van der Waals surface area contributed by atoms with Gasteiger partial charge >= 0.3 is 5.69 Å². The Morgan fingerprint density at radius 3 is 2.88 bits per heavy atom. The Bertz CT molecular complexity index is 479. The smallest absolute Gasteiger partial charge is 0.330 e. The second kappa shape index (κ2) is 4.20. The first-order valence-electron chi connectivity index (χ1n) is 4.87. The van der Waals surface area contributed by atoms with E-state index in [0.717, 1.165) is 0 Å². The molecular weight excluding hydrogens is 216 g/mol. The predicted octanol–water partition coefficient (Wildman–Crippen LogP) is -1.82. The van der Waals surface area contributed by atoms with Gasteiger partial charge in [0.1, 0.15) is 12.3 Å². The first-order chi connectivity index (χ1) is 7.61. The Kier molecular flexibility index (Phi) is 2.90. The van der Waals surface area contributed by atoms with Crippen LogP contribution in [0.5, 0.6) is 0 Å². The summed E-state index contributed by atoms with van der Waals surface area (Å²) >= 11 is 0. The summed E-state index contributed by atoms with van der Waals surface area (Å²) in [6, 6.07) is 1.20. The van der Waals surface area contributed by atoms with E-state index in [1.54, 1.807) is 0 Å². The van der Waals surface area contributed by atoms with Gasteiger partial charge in [-0.1, -0.05) is 0 Å². The van der Waals surface area contributed by atoms with Crippen LogP contribution in [-0.4, -0.2) is 38.6 Å². The number of nitrogens with one attached hydrogen (secondary N) is 1. The number of aliphatic hydroxyl groups excluding tert-OH is 2. The van der Waals surface area contributed by atoms with Gasteiger partial charge in [0.2, 0.25) is 0 Å². The third-order valence-electron chi connectivity index (χ3n) is 2.55. The van der Waals surface area contributed by atoms with Crippen molar-refractivity contribution in [3.63, 3.8) is 0 Å². The van der Waals surface area contributed by atoms with Crippen LogP contribution < -0.4 is 11.2 Å². The van der Waals surface area contributed by atoms with Crippen molar-refractivity contribution in [2.75, 3.05) is 6.61 Å². The lowest BCUT2D eigenvalue weighted by Crippen LogP contribution is -2.31. The lowest BCUT2D eigenvalue weighted by atomic mass is 10.2. The molecule has 3 atom stereocenters. The number of H-pyrrole nitrogens is 1. The van der Waals surface area contributed by atoms with E-state index in [0.29, 0.717) is 0 Å². The van der Waals surface area contributed by atoms with E-state index < -0.39 is 29.7 Å². The van der Waals surface area contributed by atoms with Crippen LogP contribution in [0.3, 0.4) is 0 Å². The summed E-state index contributed by atoms with van der Waals surface area (Å²) in [4.78, 5) is 24.3. The Morgan fingerprint density at radius 1 is 1.56 bits per heavy atom. The molecular formula is C9H12N2O5. The van der Waals surface area contributed by atoms with Crippen molar-refractivity contribution >= 4 is 0 Å². The van der Waals surface area contributed by atoms with Crippen molar-refractivity contribution in [2.24, 2.45) is 0 Å². The van der Waals surface area contributed by atoms with Crippen LogP contribution in [0.25, 0.3) is 0 Å². The summed E-state index contributed by atoms with van der Waals surface area (Å²) in [5, 5.41) is 18.4. The third kappa shape index (κ3) is 1.92. The minimum Gasteiger partial charge on any atom is -0.394 e. The molecule has 88 valence electrons. The summed E-state index contributed by atoms with van der Waals surface area (Å²) in [7, 11) is 0. The number of hydrogen-bond acceptors (Lipinski definition) is 5. The highest BCUT2D eigenvalue weighted by Gasteiger charge is 2.34. The SMILES string of the molecule is O=c1ccn([C@@H]2C[C@@H](O)[C@@H](CO)O2)c(=O)[nH]1. The molecule has 1 saturated heterocycles. The maximum Gasteiger partial charge on any atom is 0.330 e. The van der Waals surface area contributed by atoms with Crippen molar-refractivity contribution in [1.29, 1.82) is 0 Å². The highest BCUT2D eigenvalue weighted by atomic mass is 16.5. The Morgan fingerprint density at radius 2 is 2.31 bits per heavy atom. The van der Waals surface area contributed by atoms with Gasteiger partial charge in [0, 0.05) is 18.7 Å². The van der Waals surface area contributed by atoms with E-state index in [2.05, 4.69) is 4.98 Å². The zero-order valence-electron chi connectivity index (χ0n) is 8.37. The number of aromatic nitrogens is 2.